The number of benzene rings is 1. The van der Waals surface area contributed by atoms with E-state index in [9.17, 15) is 14.4 Å². The minimum Gasteiger partial charge on any atom is -0.457 e. The summed E-state index contributed by atoms with van der Waals surface area (Å²) in [6.07, 6.45) is -3.55. The minimum atomic E-state index is -1.01. The Hall–Kier alpha value is -1.94. The Morgan fingerprint density at radius 3 is 2.17 bits per heavy atom. The molecule has 1 aliphatic heterocycles. The number of rotatable bonds is 8. The Morgan fingerprint density at radius 2 is 1.62 bits per heavy atom. The van der Waals surface area contributed by atoms with E-state index in [0.717, 1.165) is 17.3 Å². The first-order chi connectivity index (χ1) is 13.8. The molecule has 1 saturated heterocycles. The first-order valence-electron chi connectivity index (χ1n) is 9.13. The van der Waals surface area contributed by atoms with E-state index in [2.05, 4.69) is 0 Å². The summed E-state index contributed by atoms with van der Waals surface area (Å²) in [6.45, 7) is 4.37. The second kappa shape index (κ2) is 11.3. The molecule has 1 aromatic rings. The zero-order valence-corrected chi connectivity index (χ0v) is 17.7. The lowest BCUT2D eigenvalue weighted by atomic mass is 10.0. The van der Waals surface area contributed by atoms with Crippen LogP contribution in [0, 0.1) is 0 Å². The third kappa shape index (κ3) is 7.11. The molecule has 29 heavy (non-hydrogen) atoms. The third-order valence-electron chi connectivity index (χ3n) is 4.12. The Balaban J connectivity index is 2.21. The van der Waals surface area contributed by atoms with Gasteiger partial charge in [-0.25, -0.2) is 0 Å². The quantitative estimate of drug-likeness (QED) is 0.579. The predicted molar refractivity (Wildman–Crippen MR) is 105 cm³/mol. The molecule has 2 rings (SSSR count). The van der Waals surface area contributed by atoms with E-state index in [4.69, 9.17) is 23.7 Å². The van der Waals surface area contributed by atoms with Crippen molar-refractivity contribution in [1.82, 2.24) is 0 Å². The molecule has 0 radical (unpaired) electrons. The van der Waals surface area contributed by atoms with Crippen molar-refractivity contribution >= 4 is 28.8 Å². The average Bonchev–Trinajstić information content (AvgIpc) is 2.65. The molecule has 9 heteroatoms. The van der Waals surface area contributed by atoms with Crippen molar-refractivity contribution in [2.24, 2.45) is 0 Å². The summed E-state index contributed by atoms with van der Waals surface area (Å²) in [6, 6.07) is 9.59. The van der Waals surface area contributed by atoms with Crippen LogP contribution in [-0.2, 0) is 44.7 Å². The van der Waals surface area contributed by atoms with E-state index in [0.29, 0.717) is 6.61 Å². The molecule has 1 fully saturated rings. The molecule has 1 heterocycles. The number of thioether (sulfide) groups is 1. The van der Waals surface area contributed by atoms with Crippen molar-refractivity contribution in [3.63, 3.8) is 0 Å². The van der Waals surface area contributed by atoms with Crippen molar-refractivity contribution in [2.75, 3.05) is 13.7 Å². The van der Waals surface area contributed by atoms with Crippen LogP contribution >= 0.6 is 11.8 Å². The number of hydrogen-bond donors (Lipinski definition) is 0. The summed E-state index contributed by atoms with van der Waals surface area (Å²) >= 11 is 0.955. The van der Waals surface area contributed by atoms with Crippen LogP contribution in [-0.4, -0.2) is 60.6 Å². The normalized spacial score (nSPS) is 26.6. The van der Waals surface area contributed by atoms with E-state index in [-0.39, 0.29) is 11.7 Å². The maximum Gasteiger partial charge on any atom is 0.303 e. The van der Waals surface area contributed by atoms with Crippen molar-refractivity contribution in [3.8, 4) is 0 Å². The van der Waals surface area contributed by atoms with E-state index in [1.165, 1.54) is 27.9 Å². The van der Waals surface area contributed by atoms with Gasteiger partial charge in [0, 0.05) is 27.9 Å². The van der Waals surface area contributed by atoms with Crippen molar-refractivity contribution in [3.05, 3.63) is 35.9 Å². The maximum atomic E-state index is 11.9. The van der Waals surface area contributed by atoms with E-state index in [1.54, 1.807) is 0 Å². The highest BCUT2D eigenvalue weighted by Crippen LogP contribution is 2.35. The van der Waals surface area contributed by atoms with E-state index >= 15 is 0 Å². The SMILES string of the molecule is CO[C@H]1O[C@H](COCc2ccccc2)[C@H](SC(C)=O)[C@H](OC(C)=O)[C@H]1OC(C)=O. The fraction of sp³-hybridized carbons (Fsp3) is 0.550. The summed E-state index contributed by atoms with van der Waals surface area (Å²) in [4.78, 5) is 35.1. The first kappa shape index (κ1) is 23.3. The van der Waals surface area contributed by atoms with Gasteiger partial charge in [0.25, 0.3) is 0 Å². The molecule has 0 aromatic heterocycles. The summed E-state index contributed by atoms with van der Waals surface area (Å²) in [7, 11) is 1.40. The van der Waals surface area contributed by atoms with Crippen LogP contribution in [0.3, 0.4) is 0 Å². The first-order valence-corrected chi connectivity index (χ1v) is 10.0. The van der Waals surface area contributed by atoms with Gasteiger partial charge in [0.15, 0.2) is 23.6 Å². The monoisotopic (exact) mass is 426 g/mol. The molecule has 8 nitrogen and oxygen atoms in total. The van der Waals surface area contributed by atoms with E-state index in [1.807, 2.05) is 30.3 Å². The lowest BCUT2D eigenvalue weighted by molar-refractivity contribution is -0.270. The third-order valence-corrected chi connectivity index (χ3v) is 5.30. The van der Waals surface area contributed by atoms with Crippen molar-refractivity contribution < 1.29 is 38.1 Å². The zero-order valence-electron chi connectivity index (χ0n) is 16.9. The maximum absolute atomic E-state index is 11.9. The summed E-state index contributed by atoms with van der Waals surface area (Å²) in [5.41, 5.74) is 0.983. The van der Waals surface area contributed by atoms with Gasteiger partial charge in [-0.1, -0.05) is 42.1 Å². The molecule has 0 unspecified atom stereocenters. The molecule has 0 N–H and O–H groups in total. The molecule has 0 aliphatic carbocycles. The fourth-order valence-electron chi connectivity index (χ4n) is 3.05. The molecule has 1 aromatic carbocycles. The smallest absolute Gasteiger partial charge is 0.303 e. The number of carbonyl (C=O) groups is 3. The average molecular weight is 426 g/mol. The molecule has 1 aliphatic rings. The van der Waals surface area contributed by atoms with E-state index < -0.39 is 41.8 Å². The van der Waals surface area contributed by atoms with Crippen LogP contribution < -0.4 is 0 Å². The molecule has 0 spiro atoms. The molecule has 5 atom stereocenters. The van der Waals surface area contributed by atoms with Gasteiger partial charge in [-0.15, -0.1) is 0 Å². The molecule has 0 amide bonds. The number of methoxy groups -OCH3 is 1. The largest absolute Gasteiger partial charge is 0.457 e. The molecular formula is C20H26O8S. The molecular weight excluding hydrogens is 400 g/mol. The second-order valence-electron chi connectivity index (χ2n) is 6.50. The lowest BCUT2D eigenvalue weighted by Gasteiger charge is -2.44. The van der Waals surface area contributed by atoms with Gasteiger partial charge >= 0.3 is 11.9 Å². The van der Waals surface area contributed by atoms with Gasteiger partial charge < -0.3 is 23.7 Å². The highest BCUT2D eigenvalue weighted by atomic mass is 32.2. The Bertz CT molecular complexity index is 695. The number of carbonyl (C=O) groups excluding carboxylic acids is 3. The van der Waals surface area contributed by atoms with Crippen molar-refractivity contribution in [2.45, 2.75) is 57.2 Å². The Labute approximate surface area is 174 Å². The second-order valence-corrected chi connectivity index (χ2v) is 7.86. The van der Waals surface area contributed by atoms with Gasteiger partial charge in [0.2, 0.25) is 0 Å². The van der Waals surface area contributed by atoms with Crippen LogP contribution in [0.2, 0.25) is 0 Å². The number of ether oxygens (including phenoxy) is 5. The molecule has 0 saturated carbocycles. The number of esters is 2. The van der Waals surface area contributed by atoms with Crippen LogP contribution in [0.4, 0.5) is 0 Å². The van der Waals surface area contributed by atoms with Gasteiger partial charge in [0.1, 0.15) is 6.10 Å². The lowest BCUT2D eigenvalue weighted by Crippen LogP contribution is -2.60. The van der Waals surface area contributed by atoms with Crippen LogP contribution in [0.15, 0.2) is 30.3 Å². The zero-order chi connectivity index (χ0) is 21.4. The molecule has 160 valence electrons. The van der Waals surface area contributed by atoms with Gasteiger partial charge in [-0.2, -0.15) is 0 Å². The topological polar surface area (TPSA) is 97.4 Å². The molecule has 0 bridgehead atoms. The number of hydrogen-bond acceptors (Lipinski definition) is 9. The highest BCUT2D eigenvalue weighted by molar-refractivity contribution is 8.14. The van der Waals surface area contributed by atoms with Gasteiger partial charge in [-0.3, -0.25) is 14.4 Å². The summed E-state index contributed by atoms with van der Waals surface area (Å²) in [5, 5.41) is -0.829. The minimum absolute atomic E-state index is 0.129. The predicted octanol–water partition coefficient (Wildman–Crippen LogP) is 2.09. The fourth-order valence-corrected chi connectivity index (χ4v) is 4.07. The van der Waals surface area contributed by atoms with Crippen LogP contribution in [0.5, 0.6) is 0 Å². The van der Waals surface area contributed by atoms with Gasteiger partial charge in [-0.05, 0) is 5.56 Å². The Morgan fingerprint density at radius 1 is 1.00 bits per heavy atom. The summed E-state index contributed by atoms with van der Waals surface area (Å²) in [5.74, 6) is -1.15. The van der Waals surface area contributed by atoms with Gasteiger partial charge in [0.05, 0.1) is 18.5 Å². The summed E-state index contributed by atoms with van der Waals surface area (Å²) < 4.78 is 27.8. The van der Waals surface area contributed by atoms with Crippen LogP contribution in [0.25, 0.3) is 0 Å². The Kier molecular flexibility index (Phi) is 9.09. The van der Waals surface area contributed by atoms with Crippen molar-refractivity contribution in [1.29, 1.82) is 0 Å². The highest BCUT2D eigenvalue weighted by Gasteiger charge is 2.51. The van der Waals surface area contributed by atoms with Crippen LogP contribution in [0.1, 0.15) is 26.3 Å². The standard InChI is InChI=1S/C20H26O8S/c1-12(21)26-17-18(27-13(2)22)20(24-4)28-16(19(17)29-14(3)23)11-25-10-15-8-6-5-7-9-15/h5-9,16-20H,10-11H2,1-4H3/t16-,17-,18-,19+,20+/m1/s1.